The van der Waals surface area contributed by atoms with Crippen LogP contribution in [0.3, 0.4) is 0 Å². The fourth-order valence-corrected chi connectivity index (χ4v) is 5.69. The molecule has 6 rings (SSSR count). The third-order valence-electron chi connectivity index (χ3n) is 7.30. The number of anilines is 1. The lowest BCUT2D eigenvalue weighted by molar-refractivity contribution is -0.137. The number of nitriles is 1. The van der Waals surface area contributed by atoms with Gasteiger partial charge in [0.15, 0.2) is 22.6 Å². The van der Waals surface area contributed by atoms with Crippen LogP contribution in [0.25, 0.3) is 6.08 Å². The van der Waals surface area contributed by atoms with Crippen LogP contribution in [0.15, 0.2) is 83.9 Å². The van der Waals surface area contributed by atoms with Crippen LogP contribution in [-0.4, -0.2) is 15.1 Å². The molecule has 0 fully saturated rings. The van der Waals surface area contributed by atoms with Gasteiger partial charge in [-0.1, -0.05) is 54.6 Å². The van der Waals surface area contributed by atoms with Gasteiger partial charge in [-0.25, -0.2) is 9.37 Å². The minimum Gasteiger partial charge on any atom is -0.477 e. The lowest BCUT2D eigenvalue weighted by Crippen LogP contribution is -2.49. The number of ether oxygens (including phenoxy) is 1. The average Bonchev–Trinajstić information content (AvgIpc) is 3.31. The van der Waals surface area contributed by atoms with Crippen LogP contribution >= 0.6 is 0 Å². The number of fused-ring (bicyclic) bond motifs is 5. The number of aliphatic hydroxyl groups is 1. The van der Waals surface area contributed by atoms with Crippen LogP contribution in [-0.2, 0) is 17.4 Å². The summed E-state index contributed by atoms with van der Waals surface area (Å²) in [5, 5.41) is 22.1. The van der Waals surface area contributed by atoms with Crippen molar-refractivity contribution in [2.45, 2.75) is 23.3 Å². The SMILES string of the molecule is N#C/N=c1\[nH]c(N)nc2c1[C@@H](/C=C/c1ccccc1)[C@]1(c3ccc(F)cc3)Oc3ccc(C(F)(F)F)cc3[C@]21O. The van der Waals surface area contributed by atoms with E-state index in [4.69, 9.17) is 10.5 Å². The molecule has 3 aromatic carbocycles. The smallest absolute Gasteiger partial charge is 0.416 e. The van der Waals surface area contributed by atoms with Crippen molar-refractivity contribution in [2.24, 2.45) is 4.99 Å². The Morgan fingerprint density at radius 1 is 1.10 bits per heavy atom. The molecule has 4 aromatic rings. The Hall–Kier alpha value is -4.95. The number of nitrogen functional groups attached to an aromatic ring is 1. The molecule has 11 heteroatoms. The maximum atomic E-state index is 14.1. The largest absolute Gasteiger partial charge is 0.477 e. The van der Waals surface area contributed by atoms with Gasteiger partial charge in [0.1, 0.15) is 11.6 Å². The standard InChI is InChI=1S/C29H19F4N5O2/c30-19-10-7-17(8-11-19)28-20(12-6-16-4-2-1-3-5-16)23-24(37-26(35)38-25(23)36-15-34)27(28,39)21-14-18(29(31,32)33)9-13-22(21)40-28/h1-14,20,39H,(H3,35,36,37,38)/b12-6+/t20-,27+,28+/m1/s1. The summed E-state index contributed by atoms with van der Waals surface area (Å²) in [6.45, 7) is 0. The summed E-state index contributed by atoms with van der Waals surface area (Å²) >= 11 is 0. The van der Waals surface area contributed by atoms with Crippen molar-refractivity contribution in [3.05, 3.63) is 124 Å². The van der Waals surface area contributed by atoms with E-state index in [9.17, 15) is 27.9 Å². The molecule has 2 aliphatic rings. The van der Waals surface area contributed by atoms with E-state index in [0.29, 0.717) is 0 Å². The number of nitrogens with zero attached hydrogens (tertiary/aromatic N) is 3. The molecule has 0 bridgehead atoms. The second kappa shape index (κ2) is 8.79. The first-order chi connectivity index (χ1) is 19.1. The van der Waals surface area contributed by atoms with E-state index in [-0.39, 0.29) is 39.6 Å². The zero-order valence-electron chi connectivity index (χ0n) is 20.4. The average molecular weight is 545 g/mol. The minimum absolute atomic E-state index is 0.0180. The Kier molecular flexibility index (Phi) is 5.57. The van der Waals surface area contributed by atoms with Gasteiger partial charge < -0.3 is 20.6 Å². The van der Waals surface area contributed by atoms with Gasteiger partial charge in [-0.3, -0.25) is 0 Å². The van der Waals surface area contributed by atoms with Crippen molar-refractivity contribution >= 4 is 12.0 Å². The highest BCUT2D eigenvalue weighted by molar-refractivity contribution is 5.65. The maximum absolute atomic E-state index is 14.1. The molecule has 1 aliphatic carbocycles. The van der Waals surface area contributed by atoms with Crippen molar-refractivity contribution < 1.29 is 27.4 Å². The Morgan fingerprint density at radius 2 is 1.82 bits per heavy atom. The fourth-order valence-electron chi connectivity index (χ4n) is 5.69. The van der Waals surface area contributed by atoms with Gasteiger partial charge >= 0.3 is 6.18 Å². The second-order valence-corrected chi connectivity index (χ2v) is 9.46. The summed E-state index contributed by atoms with van der Waals surface area (Å²) in [4.78, 5) is 10.9. The van der Waals surface area contributed by atoms with E-state index in [1.807, 2.05) is 30.3 Å². The lowest BCUT2D eigenvalue weighted by Gasteiger charge is -2.39. The van der Waals surface area contributed by atoms with Gasteiger partial charge in [0.25, 0.3) is 0 Å². The minimum atomic E-state index is -4.72. The van der Waals surface area contributed by atoms with E-state index >= 15 is 0 Å². The van der Waals surface area contributed by atoms with Gasteiger partial charge in [0.05, 0.1) is 17.2 Å². The van der Waals surface area contributed by atoms with Crippen LogP contribution in [0.1, 0.15) is 39.4 Å². The highest BCUT2D eigenvalue weighted by Gasteiger charge is 2.72. The molecule has 7 nitrogen and oxygen atoms in total. The first kappa shape index (κ1) is 25.3. The van der Waals surface area contributed by atoms with Crippen LogP contribution < -0.4 is 16.0 Å². The number of aromatic nitrogens is 2. The third-order valence-corrected chi connectivity index (χ3v) is 7.30. The molecule has 40 heavy (non-hydrogen) atoms. The van der Waals surface area contributed by atoms with E-state index < -0.39 is 34.7 Å². The van der Waals surface area contributed by atoms with Crippen molar-refractivity contribution in [1.29, 1.82) is 5.26 Å². The number of aromatic amines is 1. The molecule has 3 atom stereocenters. The highest BCUT2D eigenvalue weighted by atomic mass is 19.4. The van der Waals surface area contributed by atoms with Gasteiger partial charge in [0, 0.05) is 16.7 Å². The first-order valence-corrected chi connectivity index (χ1v) is 12.0. The molecule has 200 valence electrons. The number of nitrogens with two attached hydrogens (primary N) is 1. The predicted octanol–water partition coefficient (Wildman–Crippen LogP) is 4.87. The van der Waals surface area contributed by atoms with Gasteiger partial charge in [-0.2, -0.15) is 23.4 Å². The molecule has 0 saturated carbocycles. The molecule has 0 spiro atoms. The summed E-state index contributed by atoms with van der Waals surface area (Å²) in [7, 11) is 0. The van der Waals surface area contributed by atoms with E-state index in [0.717, 1.165) is 35.9 Å². The van der Waals surface area contributed by atoms with Crippen molar-refractivity contribution in [2.75, 3.05) is 5.73 Å². The fraction of sp³-hybridized carbons (Fsp3) is 0.138. The number of H-pyrrole nitrogens is 1. The number of rotatable bonds is 3. The number of nitrogens with one attached hydrogen (secondary N) is 1. The molecule has 4 N–H and O–H groups in total. The third kappa shape index (κ3) is 3.53. The molecule has 0 saturated heterocycles. The Balaban J connectivity index is 1.74. The molecular weight excluding hydrogens is 526 g/mol. The van der Waals surface area contributed by atoms with Crippen LogP contribution in [0.2, 0.25) is 0 Å². The van der Waals surface area contributed by atoms with Gasteiger partial charge in [-0.15, -0.1) is 0 Å². The number of hydrogen-bond donors (Lipinski definition) is 3. The first-order valence-electron chi connectivity index (χ1n) is 12.0. The van der Waals surface area contributed by atoms with E-state index in [2.05, 4.69) is 15.0 Å². The Labute approximate surface area is 224 Å². The zero-order valence-corrected chi connectivity index (χ0v) is 20.4. The molecule has 2 heterocycles. The van der Waals surface area contributed by atoms with Crippen LogP contribution in [0, 0.1) is 17.3 Å². The molecule has 1 aromatic heterocycles. The number of benzene rings is 3. The molecule has 0 unspecified atom stereocenters. The Bertz CT molecular complexity index is 1780. The van der Waals surface area contributed by atoms with Gasteiger partial charge in [-0.05, 0) is 35.9 Å². The molecular formula is C29H19F4N5O2. The normalized spacial score (nSPS) is 23.4. The van der Waals surface area contributed by atoms with Gasteiger partial charge in [0.2, 0.25) is 6.19 Å². The van der Waals surface area contributed by atoms with Crippen molar-refractivity contribution in [3.8, 4) is 11.9 Å². The van der Waals surface area contributed by atoms with Crippen molar-refractivity contribution in [1.82, 2.24) is 9.97 Å². The highest BCUT2D eigenvalue weighted by Crippen LogP contribution is 2.66. The number of hydrogen-bond acceptors (Lipinski definition) is 6. The lowest BCUT2D eigenvalue weighted by atomic mass is 9.72. The van der Waals surface area contributed by atoms with Crippen molar-refractivity contribution in [3.63, 3.8) is 0 Å². The summed E-state index contributed by atoms with van der Waals surface area (Å²) < 4.78 is 62.0. The maximum Gasteiger partial charge on any atom is 0.416 e. The topological polar surface area (TPSA) is 120 Å². The summed E-state index contributed by atoms with van der Waals surface area (Å²) in [5.74, 6) is -1.81. The molecule has 1 aliphatic heterocycles. The summed E-state index contributed by atoms with van der Waals surface area (Å²) in [6.07, 6.45) is 0.394. The predicted molar refractivity (Wildman–Crippen MR) is 136 cm³/mol. The summed E-state index contributed by atoms with van der Waals surface area (Å²) in [5.41, 5.74) is 1.58. The quantitative estimate of drug-likeness (QED) is 0.251. The molecule has 0 amide bonds. The zero-order chi connectivity index (χ0) is 28.3. The second-order valence-electron chi connectivity index (χ2n) is 9.46. The van der Waals surface area contributed by atoms with Crippen LogP contribution in [0.4, 0.5) is 23.5 Å². The number of alkyl halides is 3. The Morgan fingerprint density at radius 3 is 2.50 bits per heavy atom. The molecule has 0 radical (unpaired) electrons. The summed E-state index contributed by atoms with van der Waals surface area (Å²) in [6, 6.07) is 17.0. The number of halogens is 4. The van der Waals surface area contributed by atoms with E-state index in [1.54, 1.807) is 18.3 Å². The monoisotopic (exact) mass is 545 g/mol. The van der Waals surface area contributed by atoms with Crippen LogP contribution in [0.5, 0.6) is 5.75 Å². The van der Waals surface area contributed by atoms with E-state index in [1.165, 1.54) is 12.1 Å².